The summed E-state index contributed by atoms with van der Waals surface area (Å²) in [6.45, 7) is 14.0. The number of hydrogen-bond donors (Lipinski definition) is 1. The van der Waals surface area contributed by atoms with E-state index in [1.54, 1.807) is 18.5 Å². The van der Waals surface area contributed by atoms with E-state index >= 15 is 0 Å². The minimum atomic E-state index is -3.70. The predicted octanol–water partition coefficient (Wildman–Crippen LogP) is 3.24. The lowest BCUT2D eigenvalue weighted by Gasteiger charge is -2.26. The highest BCUT2D eigenvalue weighted by Crippen LogP contribution is 2.36. The van der Waals surface area contributed by atoms with Gasteiger partial charge >= 0.3 is 0 Å². The van der Waals surface area contributed by atoms with Crippen molar-refractivity contribution in [3.8, 4) is 11.5 Å². The summed E-state index contributed by atoms with van der Waals surface area (Å²) in [5.74, 6) is 1.40. The van der Waals surface area contributed by atoms with Gasteiger partial charge in [0.05, 0.1) is 16.9 Å². The van der Waals surface area contributed by atoms with Crippen LogP contribution in [0, 0.1) is 13.8 Å². The van der Waals surface area contributed by atoms with Gasteiger partial charge < -0.3 is 9.47 Å². The third-order valence-corrected chi connectivity index (χ3v) is 6.64. The summed E-state index contributed by atoms with van der Waals surface area (Å²) in [4.78, 5) is 0.254. The number of ether oxygens (including phenoxy) is 2. The van der Waals surface area contributed by atoms with Crippen LogP contribution in [0.15, 0.2) is 23.1 Å². The van der Waals surface area contributed by atoms with Crippen molar-refractivity contribution in [2.75, 3.05) is 13.3 Å². The first-order valence-electron chi connectivity index (χ1n) is 9.29. The maximum absolute atomic E-state index is 13.1. The van der Waals surface area contributed by atoms with E-state index in [0.29, 0.717) is 22.9 Å². The van der Waals surface area contributed by atoms with E-state index in [9.17, 15) is 8.42 Å². The van der Waals surface area contributed by atoms with Gasteiger partial charge in [0.25, 0.3) is 0 Å². The fraction of sp³-hybridized carbons (Fsp3) is 0.550. The Morgan fingerprint density at radius 1 is 1.11 bits per heavy atom. The van der Waals surface area contributed by atoms with E-state index < -0.39 is 15.4 Å². The largest absolute Gasteiger partial charge is 0.454 e. The number of nitrogens with one attached hydrogen (secondary N) is 1. The molecule has 0 unspecified atom stereocenters. The van der Waals surface area contributed by atoms with Crippen LogP contribution < -0.4 is 14.2 Å². The number of fused-ring (bicyclic) bond motifs is 1. The Morgan fingerprint density at radius 3 is 2.36 bits per heavy atom. The molecule has 0 radical (unpaired) electrons. The van der Waals surface area contributed by atoms with Gasteiger partial charge in [-0.15, -0.1) is 0 Å². The van der Waals surface area contributed by atoms with Gasteiger partial charge in [0.15, 0.2) is 11.5 Å². The van der Waals surface area contributed by atoms with Gasteiger partial charge in [0.2, 0.25) is 16.8 Å². The molecular formula is C20H29N3O4S. The summed E-state index contributed by atoms with van der Waals surface area (Å²) in [6, 6.07) is 5.70. The van der Waals surface area contributed by atoms with Crippen LogP contribution in [0.1, 0.15) is 51.6 Å². The molecule has 0 saturated carbocycles. The molecule has 0 atom stereocenters. The summed E-state index contributed by atoms with van der Waals surface area (Å²) in [5, 5.41) is 4.46. The molecule has 7 nitrogen and oxygen atoms in total. The van der Waals surface area contributed by atoms with Crippen molar-refractivity contribution in [2.24, 2.45) is 0 Å². The van der Waals surface area contributed by atoms with E-state index in [0.717, 1.165) is 5.56 Å². The average Bonchev–Trinajstić information content (AvgIpc) is 3.16. The van der Waals surface area contributed by atoms with E-state index in [1.807, 2.05) is 52.8 Å². The zero-order valence-corrected chi connectivity index (χ0v) is 18.4. The van der Waals surface area contributed by atoms with Crippen molar-refractivity contribution in [3.05, 3.63) is 35.2 Å². The van der Waals surface area contributed by atoms with Crippen LogP contribution in [-0.4, -0.2) is 31.5 Å². The van der Waals surface area contributed by atoms with Gasteiger partial charge in [-0.1, -0.05) is 19.9 Å². The average molecular weight is 408 g/mol. The minimum absolute atomic E-state index is 0.210. The van der Waals surface area contributed by atoms with Crippen molar-refractivity contribution in [1.29, 1.82) is 0 Å². The van der Waals surface area contributed by atoms with Crippen molar-refractivity contribution in [2.45, 2.75) is 64.3 Å². The number of hydrogen-bond acceptors (Lipinski definition) is 5. The summed E-state index contributed by atoms with van der Waals surface area (Å²) >= 11 is 0. The van der Waals surface area contributed by atoms with E-state index in [1.165, 1.54) is 0 Å². The molecule has 1 aromatic carbocycles. The molecule has 0 aliphatic carbocycles. The highest BCUT2D eigenvalue weighted by atomic mass is 32.2. The Hall–Kier alpha value is -2.06. The molecule has 0 bridgehead atoms. The lowest BCUT2D eigenvalue weighted by Crippen LogP contribution is -2.37. The van der Waals surface area contributed by atoms with Crippen LogP contribution in [0.3, 0.4) is 0 Å². The molecule has 8 heteroatoms. The van der Waals surface area contributed by atoms with Crippen LogP contribution in [0.4, 0.5) is 0 Å². The molecule has 1 N–H and O–H groups in total. The van der Waals surface area contributed by atoms with Crippen molar-refractivity contribution in [3.63, 3.8) is 0 Å². The third kappa shape index (κ3) is 3.75. The Balaban J connectivity index is 1.84. The molecule has 1 aliphatic rings. The SMILES string of the molecule is Cc1nn(C(C)(C)C)c(C)c1S(=O)(=O)NCC(C)(C)c1ccc2c(c1)OCO2. The number of rotatable bonds is 5. The lowest BCUT2D eigenvalue weighted by molar-refractivity contribution is 0.174. The topological polar surface area (TPSA) is 82.5 Å². The number of sulfonamides is 1. The zero-order valence-electron chi connectivity index (χ0n) is 17.6. The number of benzene rings is 1. The number of aromatic nitrogens is 2. The molecule has 2 aromatic rings. The van der Waals surface area contributed by atoms with Crippen LogP contribution in [0.5, 0.6) is 11.5 Å². The monoisotopic (exact) mass is 407 g/mol. The molecule has 0 saturated heterocycles. The molecule has 0 fully saturated rings. The summed E-state index contributed by atoms with van der Waals surface area (Å²) < 4.78 is 41.5. The lowest BCUT2D eigenvalue weighted by atomic mass is 9.85. The van der Waals surface area contributed by atoms with E-state index in [4.69, 9.17) is 9.47 Å². The van der Waals surface area contributed by atoms with Crippen molar-refractivity contribution in [1.82, 2.24) is 14.5 Å². The van der Waals surface area contributed by atoms with Gasteiger partial charge in [0, 0.05) is 12.0 Å². The Morgan fingerprint density at radius 2 is 1.75 bits per heavy atom. The third-order valence-electron chi connectivity index (χ3n) is 4.99. The predicted molar refractivity (Wildman–Crippen MR) is 107 cm³/mol. The van der Waals surface area contributed by atoms with Gasteiger partial charge in [-0.2, -0.15) is 5.10 Å². The van der Waals surface area contributed by atoms with Crippen molar-refractivity contribution < 1.29 is 17.9 Å². The molecule has 0 amide bonds. The zero-order chi connectivity index (χ0) is 20.9. The standard InChI is InChI=1S/C20H29N3O4S/c1-13-18(14(2)23(22-13)19(3,4)5)28(24,25)21-11-20(6,7)15-8-9-16-17(10-15)27-12-26-16/h8-10,21H,11-12H2,1-7H3. The van der Waals surface area contributed by atoms with Gasteiger partial charge in [-0.05, 0) is 52.3 Å². The van der Waals surface area contributed by atoms with Crippen LogP contribution in [0.2, 0.25) is 0 Å². The maximum atomic E-state index is 13.1. The second-order valence-electron chi connectivity index (χ2n) is 8.86. The minimum Gasteiger partial charge on any atom is -0.454 e. The van der Waals surface area contributed by atoms with Gasteiger partial charge in [0.1, 0.15) is 4.90 Å². The maximum Gasteiger partial charge on any atom is 0.244 e. The Kier molecular flexibility index (Phi) is 5.00. The van der Waals surface area contributed by atoms with Gasteiger partial charge in [-0.25, -0.2) is 13.1 Å². The molecule has 3 rings (SSSR count). The quantitative estimate of drug-likeness (QED) is 0.823. The van der Waals surface area contributed by atoms with E-state index in [2.05, 4.69) is 9.82 Å². The molecule has 154 valence electrons. The molecule has 0 spiro atoms. The van der Waals surface area contributed by atoms with Crippen LogP contribution in [-0.2, 0) is 21.0 Å². The van der Waals surface area contributed by atoms with Crippen LogP contribution >= 0.6 is 0 Å². The first-order chi connectivity index (χ1) is 12.8. The summed E-state index contributed by atoms with van der Waals surface area (Å²) in [7, 11) is -3.70. The second-order valence-corrected chi connectivity index (χ2v) is 10.6. The smallest absolute Gasteiger partial charge is 0.244 e. The molecule has 1 aliphatic heterocycles. The fourth-order valence-corrected chi connectivity index (χ4v) is 5.04. The normalized spacial score (nSPS) is 14.5. The van der Waals surface area contributed by atoms with E-state index in [-0.39, 0.29) is 23.8 Å². The van der Waals surface area contributed by atoms with Crippen LogP contribution in [0.25, 0.3) is 0 Å². The number of aryl methyl sites for hydroxylation is 1. The van der Waals surface area contributed by atoms with Crippen molar-refractivity contribution >= 4 is 10.0 Å². The molecule has 2 heterocycles. The molecule has 1 aromatic heterocycles. The first-order valence-corrected chi connectivity index (χ1v) is 10.8. The summed E-state index contributed by atoms with van der Waals surface area (Å²) in [5.41, 5.74) is 1.38. The number of nitrogens with zero attached hydrogens (tertiary/aromatic N) is 2. The Bertz CT molecular complexity index is 1000. The highest BCUT2D eigenvalue weighted by molar-refractivity contribution is 7.89. The molecular weight excluding hydrogens is 378 g/mol. The first kappa shape index (κ1) is 20.7. The highest BCUT2D eigenvalue weighted by Gasteiger charge is 2.31. The van der Waals surface area contributed by atoms with Gasteiger partial charge in [-0.3, -0.25) is 4.68 Å². The Labute approximate surface area is 167 Å². The fourth-order valence-electron chi connectivity index (χ4n) is 3.44. The summed E-state index contributed by atoms with van der Waals surface area (Å²) in [6.07, 6.45) is 0. The second kappa shape index (κ2) is 6.77. The molecule has 28 heavy (non-hydrogen) atoms.